The van der Waals surface area contributed by atoms with Gasteiger partial charge in [-0.2, -0.15) is 0 Å². The predicted octanol–water partition coefficient (Wildman–Crippen LogP) is 4.37. The first-order valence-corrected chi connectivity index (χ1v) is 5.53. The van der Waals surface area contributed by atoms with E-state index < -0.39 is 0 Å². The first-order chi connectivity index (χ1) is 7.00. The summed E-state index contributed by atoms with van der Waals surface area (Å²) in [5.41, 5.74) is 0. The monoisotopic (exact) mass is 187 g/mol. The molecule has 0 spiro atoms. The Hall–Kier alpha value is -1.04. The Morgan fingerprint density at radius 3 is 2.21 bits per heavy atom. The minimum atomic E-state index is 1.10. The van der Waals surface area contributed by atoms with E-state index in [0.717, 1.165) is 12.8 Å². The Balaban J connectivity index is 2.35. The van der Waals surface area contributed by atoms with Crippen molar-refractivity contribution in [3.8, 4) is 0 Å². The van der Waals surface area contributed by atoms with Gasteiger partial charge in [0.25, 0.3) is 0 Å². The molecule has 1 rings (SSSR count). The zero-order valence-electron chi connectivity index (χ0n) is 8.78. The standard InChI is InChI=1S/C14H19/c1-2-4-6-8-10-12-14-13-11-9-7-5-3-1/h1-6,13H,7-12H2/b2-1+,5-3-,6-4-,14-13?. The van der Waals surface area contributed by atoms with E-state index in [9.17, 15) is 0 Å². The van der Waals surface area contributed by atoms with E-state index in [1.807, 2.05) is 0 Å². The van der Waals surface area contributed by atoms with Crippen LogP contribution in [0.3, 0.4) is 0 Å². The molecule has 0 heteroatoms. The summed E-state index contributed by atoms with van der Waals surface area (Å²) >= 11 is 0. The number of rotatable bonds is 0. The van der Waals surface area contributed by atoms with Gasteiger partial charge in [0, 0.05) is 0 Å². The highest BCUT2D eigenvalue weighted by atomic mass is 13.9. The second-order valence-corrected chi connectivity index (χ2v) is 3.47. The van der Waals surface area contributed by atoms with Gasteiger partial charge in [0.1, 0.15) is 0 Å². The molecule has 1 aliphatic rings. The second kappa shape index (κ2) is 8.55. The Bertz CT molecular complexity index is 204. The summed E-state index contributed by atoms with van der Waals surface area (Å²) in [7, 11) is 0. The summed E-state index contributed by atoms with van der Waals surface area (Å²) in [6, 6.07) is 0. The minimum absolute atomic E-state index is 1.10. The molecule has 0 saturated heterocycles. The fourth-order valence-corrected chi connectivity index (χ4v) is 1.34. The van der Waals surface area contributed by atoms with Crippen LogP contribution in [-0.2, 0) is 0 Å². The molecule has 1 radical (unpaired) electrons. The van der Waals surface area contributed by atoms with E-state index in [1.54, 1.807) is 0 Å². The Labute approximate surface area is 87.7 Å². The van der Waals surface area contributed by atoms with Crippen molar-refractivity contribution in [1.82, 2.24) is 0 Å². The molecule has 0 heterocycles. The quantitative estimate of drug-likeness (QED) is 0.528. The maximum Gasteiger partial charge on any atom is -0.0276 e. The first-order valence-electron chi connectivity index (χ1n) is 5.53. The molecule has 0 aliphatic heterocycles. The minimum Gasteiger partial charge on any atom is -0.0845 e. The van der Waals surface area contributed by atoms with Gasteiger partial charge < -0.3 is 0 Å². The first kappa shape index (κ1) is 11.0. The van der Waals surface area contributed by atoms with Crippen molar-refractivity contribution >= 4 is 0 Å². The van der Waals surface area contributed by atoms with E-state index >= 15 is 0 Å². The van der Waals surface area contributed by atoms with Crippen LogP contribution in [0.4, 0.5) is 0 Å². The van der Waals surface area contributed by atoms with Crippen LogP contribution in [0.25, 0.3) is 0 Å². The lowest BCUT2D eigenvalue weighted by atomic mass is 10.1. The van der Waals surface area contributed by atoms with Crippen LogP contribution in [0.5, 0.6) is 0 Å². The normalized spacial score (nSPS) is 28.6. The third-order valence-electron chi connectivity index (χ3n) is 2.16. The van der Waals surface area contributed by atoms with Crippen LogP contribution in [0.2, 0.25) is 0 Å². The van der Waals surface area contributed by atoms with E-state index in [-0.39, 0.29) is 0 Å². The van der Waals surface area contributed by atoms with Crippen molar-refractivity contribution in [1.29, 1.82) is 0 Å². The van der Waals surface area contributed by atoms with Gasteiger partial charge in [-0.1, -0.05) is 42.5 Å². The lowest BCUT2D eigenvalue weighted by Gasteiger charge is -1.92. The molecule has 75 valence electrons. The lowest BCUT2D eigenvalue weighted by molar-refractivity contribution is 0.829. The van der Waals surface area contributed by atoms with Crippen molar-refractivity contribution in [3.05, 3.63) is 48.6 Å². The Morgan fingerprint density at radius 2 is 1.43 bits per heavy atom. The molecule has 0 N–H and O–H groups in total. The summed E-state index contributed by atoms with van der Waals surface area (Å²) in [6.45, 7) is 0. The van der Waals surface area contributed by atoms with Gasteiger partial charge in [0.15, 0.2) is 0 Å². The highest BCUT2D eigenvalue weighted by Crippen LogP contribution is 2.02. The van der Waals surface area contributed by atoms with Gasteiger partial charge in [0.2, 0.25) is 0 Å². The predicted molar refractivity (Wildman–Crippen MR) is 62.9 cm³/mol. The molecule has 0 atom stereocenters. The zero-order valence-corrected chi connectivity index (χ0v) is 8.78. The molecule has 0 aromatic rings. The molecule has 0 nitrogen and oxygen atoms in total. The number of hydrogen-bond donors (Lipinski definition) is 0. The molecule has 0 saturated carbocycles. The molecule has 0 unspecified atom stereocenters. The molecule has 14 heavy (non-hydrogen) atoms. The van der Waals surface area contributed by atoms with Crippen LogP contribution >= 0.6 is 0 Å². The van der Waals surface area contributed by atoms with Crippen molar-refractivity contribution in [2.45, 2.75) is 38.5 Å². The van der Waals surface area contributed by atoms with E-state index in [0.29, 0.717) is 0 Å². The van der Waals surface area contributed by atoms with Crippen LogP contribution in [-0.4, -0.2) is 0 Å². The van der Waals surface area contributed by atoms with Gasteiger partial charge in [-0.3, -0.25) is 0 Å². The van der Waals surface area contributed by atoms with Crippen LogP contribution < -0.4 is 0 Å². The summed E-state index contributed by atoms with van der Waals surface area (Å²) < 4.78 is 0. The summed E-state index contributed by atoms with van der Waals surface area (Å²) in [5, 5.41) is 0. The second-order valence-electron chi connectivity index (χ2n) is 3.47. The Morgan fingerprint density at radius 1 is 0.714 bits per heavy atom. The van der Waals surface area contributed by atoms with Gasteiger partial charge >= 0.3 is 0 Å². The number of allylic oxidation sites excluding steroid dienone is 8. The number of hydrogen-bond acceptors (Lipinski definition) is 0. The van der Waals surface area contributed by atoms with Gasteiger partial charge in [-0.25, -0.2) is 0 Å². The molecule has 0 fully saturated rings. The molecule has 1 aliphatic carbocycles. The van der Waals surface area contributed by atoms with Crippen molar-refractivity contribution in [3.63, 3.8) is 0 Å². The topological polar surface area (TPSA) is 0 Å². The summed E-state index contributed by atoms with van der Waals surface area (Å²) in [4.78, 5) is 0. The van der Waals surface area contributed by atoms with Crippen molar-refractivity contribution in [2.75, 3.05) is 0 Å². The maximum atomic E-state index is 3.34. The average Bonchev–Trinajstić information content (AvgIpc) is 2.22. The molecule has 0 bridgehead atoms. The molecule has 0 amide bonds. The van der Waals surface area contributed by atoms with Gasteiger partial charge in [-0.05, 0) is 44.6 Å². The van der Waals surface area contributed by atoms with Gasteiger partial charge in [-0.15, -0.1) is 0 Å². The van der Waals surface area contributed by atoms with Crippen molar-refractivity contribution in [2.24, 2.45) is 0 Å². The van der Waals surface area contributed by atoms with E-state index in [2.05, 4.69) is 48.6 Å². The van der Waals surface area contributed by atoms with Gasteiger partial charge in [0.05, 0.1) is 0 Å². The lowest BCUT2D eigenvalue weighted by Crippen LogP contribution is -1.73. The van der Waals surface area contributed by atoms with Crippen LogP contribution in [0.1, 0.15) is 38.5 Å². The third-order valence-corrected chi connectivity index (χ3v) is 2.16. The SMILES string of the molecule is [C]1=C/CCC\C=C/C=C/C=C\CCC/1. The fraction of sp³-hybridized carbons (Fsp3) is 0.429. The zero-order chi connectivity index (χ0) is 9.90. The Kier molecular flexibility index (Phi) is 6.74. The average molecular weight is 187 g/mol. The molecule has 0 aromatic heterocycles. The summed E-state index contributed by atoms with van der Waals surface area (Å²) in [5.74, 6) is 0. The van der Waals surface area contributed by atoms with Crippen LogP contribution in [0, 0.1) is 6.08 Å². The summed E-state index contributed by atoms with van der Waals surface area (Å²) in [6.07, 6.45) is 25.5. The molecular formula is C14H19. The largest absolute Gasteiger partial charge is 0.0845 e. The van der Waals surface area contributed by atoms with Crippen LogP contribution in [0.15, 0.2) is 42.5 Å². The maximum absolute atomic E-state index is 3.34. The van der Waals surface area contributed by atoms with E-state index in [4.69, 9.17) is 0 Å². The highest BCUT2D eigenvalue weighted by molar-refractivity contribution is 5.11. The smallest absolute Gasteiger partial charge is 0.0276 e. The fourth-order valence-electron chi connectivity index (χ4n) is 1.34. The van der Waals surface area contributed by atoms with Crippen molar-refractivity contribution < 1.29 is 0 Å². The molecule has 0 aromatic carbocycles. The van der Waals surface area contributed by atoms with E-state index in [1.165, 1.54) is 25.7 Å². The molecular weight excluding hydrogens is 168 g/mol. The third kappa shape index (κ3) is 6.47. The highest BCUT2D eigenvalue weighted by Gasteiger charge is 1.83.